The first kappa shape index (κ1) is 16.7. The van der Waals surface area contributed by atoms with E-state index in [1.807, 2.05) is 4.68 Å². The quantitative estimate of drug-likeness (QED) is 0.796. The molecule has 0 saturated heterocycles. The normalized spacial score (nSPS) is 14.6. The van der Waals surface area contributed by atoms with Crippen LogP contribution in [0.2, 0.25) is 0 Å². The van der Waals surface area contributed by atoms with Crippen molar-refractivity contribution in [3.8, 4) is 0 Å². The number of hydrogen-bond acceptors (Lipinski definition) is 3. The van der Waals surface area contributed by atoms with Crippen molar-refractivity contribution < 1.29 is 9.84 Å². The number of methoxy groups -OCH3 is 1. The van der Waals surface area contributed by atoms with E-state index >= 15 is 0 Å². The van der Waals surface area contributed by atoms with Gasteiger partial charge in [0.15, 0.2) is 0 Å². The third-order valence-electron chi connectivity index (χ3n) is 3.25. The van der Waals surface area contributed by atoms with Crippen LogP contribution in [0, 0.1) is 5.92 Å². The number of aliphatic hydroxyl groups excluding tert-OH is 1. The molecule has 19 heavy (non-hydrogen) atoms. The van der Waals surface area contributed by atoms with E-state index in [2.05, 4.69) is 41.8 Å². The maximum Gasteiger partial charge on any atom is 0.0766 e. The van der Waals surface area contributed by atoms with Gasteiger partial charge in [-0.1, -0.05) is 13.8 Å². The minimum absolute atomic E-state index is 0.354. The molecular weight excluding hydrogens is 308 g/mol. The third-order valence-corrected chi connectivity index (χ3v) is 4.16. The summed E-state index contributed by atoms with van der Waals surface area (Å²) >= 11 is 3.61. The highest BCUT2D eigenvalue weighted by atomic mass is 79.9. The van der Waals surface area contributed by atoms with Gasteiger partial charge in [0.05, 0.1) is 22.0 Å². The van der Waals surface area contributed by atoms with Crippen LogP contribution in [-0.2, 0) is 24.1 Å². The molecule has 0 aliphatic rings. The van der Waals surface area contributed by atoms with Crippen molar-refractivity contribution in [2.24, 2.45) is 5.92 Å². The summed E-state index contributed by atoms with van der Waals surface area (Å²) in [7, 11) is 1.69. The standard InChI is InChI=1S/C14H25BrN2O2/c1-5-12-14(15)13(17(6-2)16-12)8-11(18)7-10(3)9-19-4/h10-11,18H,5-9H2,1-4H3. The van der Waals surface area contributed by atoms with Crippen LogP contribution in [-0.4, -0.2) is 34.7 Å². The van der Waals surface area contributed by atoms with Crippen LogP contribution in [0.25, 0.3) is 0 Å². The predicted molar refractivity (Wildman–Crippen MR) is 80.3 cm³/mol. The van der Waals surface area contributed by atoms with E-state index < -0.39 is 0 Å². The van der Waals surface area contributed by atoms with Crippen molar-refractivity contribution in [1.82, 2.24) is 9.78 Å². The van der Waals surface area contributed by atoms with Crippen LogP contribution in [0.4, 0.5) is 0 Å². The molecule has 0 aliphatic carbocycles. The smallest absolute Gasteiger partial charge is 0.0766 e. The number of ether oxygens (including phenoxy) is 1. The largest absolute Gasteiger partial charge is 0.393 e. The molecule has 0 saturated carbocycles. The summed E-state index contributed by atoms with van der Waals surface area (Å²) in [6.45, 7) is 7.77. The van der Waals surface area contributed by atoms with Gasteiger partial charge in [0, 0.05) is 26.7 Å². The van der Waals surface area contributed by atoms with Gasteiger partial charge in [-0.2, -0.15) is 5.10 Å². The van der Waals surface area contributed by atoms with E-state index in [1.54, 1.807) is 7.11 Å². The van der Waals surface area contributed by atoms with Gasteiger partial charge in [-0.25, -0.2) is 0 Å². The summed E-state index contributed by atoms with van der Waals surface area (Å²) in [5.74, 6) is 0.363. The molecule has 0 fully saturated rings. The lowest BCUT2D eigenvalue weighted by Gasteiger charge is -2.16. The Bertz CT molecular complexity index is 393. The van der Waals surface area contributed by atoms with Gasteiger partial charge in [-0.15, -0.1) is 0 Å². The minimum atomic E-state index is -0.354. The molecule has 0 amide bonds. The Hall–Kier alpha value is -0.390. The summed E-state index contributed by atoms with van der Waals surface area (Å²) in [6.07, 6.45) is 1.93. The molecule has 1 aromatic heterocycles. The van der Waals surface area contributed by atoms with Crippen molar-refractivity contribution in [1.29, 1.82) is 0 Å². The molecule has 2 unspecified atom stereocenters. The van der Waals surface area contributed by atoms with E-state index in [4.69, 9.17) is 4.74 Å². The molecule has 110 valence electrons. The van der Waals surface area contributed by atoms with Gasteiger partial charge in [-0.3, -0.25) is 4.68 Å². The second kappa shape index (κ2) is 8.02. The van der Waals surface area contributed by atoms with Crippen LogP contribution in [0.15, 0.2) is 4.47 Å². The van der Waals surface area contributed by atoms with E-state index in [0.717, 1.165) is 35.2 Å². The van der Waals surface area contributed by atoms with Crippen molar-refractivity contribution in [3.63, 3.8) is 0 Å². The number of rotatable bonds is 8. The molecule has 0 radical (unpaired) electrons. The zero-order chi connectivity index (χ0) is 14.4. The van der Waals surface area contributed by atoms with E-state index in [-0.39, 0.29) is 6.10 Å². The number of hydrogen-bond donors (Lipinski definition) is 1. The Kier molecular flexibility index (Phi) is 7.04. The van der Waals surface area contributed by atoms with Crippen LogP contribution in [0.5, 0.6) is 0 Å². The second-order valence-electron chi connectivity index (χ2n) is 5.03. The summed E-state index contributed by atoms with van der Waals surface area (Å²) in [5.41, 5.74) is 2.16. The average molecular weight is 333 g/mol. The van der Waals surface area contributed by atoms with Crippen molar-refractivity contribution in [3.05, 3.63) is 15.9 Å². The summed E-state index contributed by atoms with van der Waals surface area (Å²) in [4.78, 5) is 0. The van der Waals surface area contributed by atoms with Crippen LogP contribution in [0.3, 0.4) is 0 Å². The van der Waals surface area contributed by atoms with Crippen LogP contribution >= 0.6 is 15.9 Å². The zero-order valence-corrected chi connectivity index (χ0v) is 13.9. The van der Waals surface area contributed by atoms with E-state index in [9.17, 15) is 5.11 Å². The fourth-order valence-electron chi connectivity index (χ4n) is 2.34. The highest BCUT2D eigenvalue weighted by Crippen LogP contribution is 2.24. The Morgan fingerprint density at radius 2 is 2.11 bits per heavy atom. The van der Waals surface area contributed by atoms with Crippen molar-refractivity contribution in [2.75, 3.05) is 13.7 Å². The van der Waals surface area contributed by atoms with Gasteiger partial charge in [0.1, 0.15) is 0 Å². The first-order chi connectivity index (χ1) is 9.03. The molecule has 0 spiro atoms. The SMILES string of the molecule is CCc1nn(CC)c(CC(O)CC(C)COC)c1Br. The van der Waals surface area contributed by atoms with Gasteiger partial charge < -0.3 is 9.84 Å². The fraction of sp³-hybridized carbons (Fsp3) is 0.786. The number of halogens is 1. The molecule has 1 heterocycles. The van der Waals surface area contributed by atoms with Gasteiger partial charge in [0.25, 0.3) is 0 Å². The molecule has 0 aliphatic heterocycles. The highest BCUT2D eigenvalue weighted by Gasteiger charge is 2.18. The van der Waals surface area contributed by atoms with E-state index in [0.29, 0.717) is 18.9 Å². The lowest BCUT2D eigenvalue weighted by molar-refractivity contribution is 0.100. The third kappa shape index (κ3) is 4.58. The van der Waals surface area contributed by atoms with Crippen molar-refractivity contribution >= 4 is 15.9 Å². The molecule has 1 aromatic rings. The van der Waals surface area contributed by atoms with Crippen molar-refractivity contribution in [2.45, 2.75) is 52.7 Å². The number of aryl methyl sites for hydroxylation is 2. The van der Waals surface area contributed by atoms with Crippen LogP contribution in [0.1, 0.15) is 38.6 Å². The average Bonchev–Trinajstić information content (AvgIpc) is 2.66. The molecular formula is C14H25BrN2O2. The molecule has 1 N–H and O–H groups in total. The van der Waals surface area contributed by atoms with Gasteiger partial charge in [0.2, 0.25) is 0 Å². The minimum Gasteiger partial charge on any atom is -0.393 e. The van der Waals surface area contributed by atoms with Crippen LogP contribution < -0.4 is 0 Å². The first-order valence-electron chi connectivity index (χ1n) is 6.94. The van der Waals surface area contributed by atoms with Gasteiger partial charge >= 0.3 is 0 Å². The molecule has 2 atom stereocenters. The number of aliphatic hydroxyl groups is 1. The summed E-state index contributed by atoms with van der Waals surface area (Å²) in [6, 6.07) is 0. The Morgan fingerprint density at radius 3 is 2.63 bits per heavy atom. The first-order valence-corrected chi connectivity index (χ1v) is 7.73. The lowest BCUT2D eigenvalue weighted by atomic mass is 10.0. The maximum atomic E-state index is 10.2. The van der Waals surface area contributed by atoms with E-state index in [1.165, 1.54) is 0 Å². The monoisotopic (exact) mass is 332 g/mol. The topological polar surface area (TPSA) is 47.3 Å². The molecule has 0 bridgehead atoms. The Balaban J connectivity index is 2.72. The Morgan fingerprint density at radius 1 is 1.42 bits per heavy atom. The highest BCUT2D eigenvalue weighted by molar-refractivity contribution is 9.10. The zero-order valence-electron chi connectivity index (χ0n) is 12.3. The number of nitrogens with zero attached hydrogens (tertiary/aromatic N) is 2. The molecule has 1 rings (SSSR count). The Labute approximate surface area is 124 Å². The van der Waals surface area contributed by atoms with Gasteiger partial charge in [-0.05, 0) is 41.6 Å². The molecule has 4 nitrogen and oxygen atoms in total. The molecule has 0 aromatic carbocycles. The number of aromatic nitrogens is 2. The second-order valence-corrected chi connectivity index (χ2v) is 5.82. The lowest BCUT2D eigenvalue weighted by Crippen LogP contribution is -2.19. The summed E-state index contributed by atoms with van der Waals surface area (Å²) < 4.78 is 8.14. The summed E-state index contributed by atoms with van der Waals surface area (Å²) in [5, 5.41) is 14.8. The maximum absolute atomic E-state index is 10.2. The fourth-order valence-corrected chi connectivity index (χ4v) is 3.06. The predicted octanol–water partition coefficient (Wildman–Crippen LogP) is 2.80. The molecule has 5 heteroatoms.